The maximum Gasteiger partial charge on any atom is 0.359 e. The lowest BCUT2D eigenvalue weighted by Gasteiger charge is -2.00. The van der Waals surface area contributed by atoms with Gasteiger partial charge in [-0.2, -0.15) is 0 Å². The van der Waals surface area contributed by atoms with Crippen LogP contribution in [0.25, 0.3) is 11.0 Å². The number of rotatable bonds is 1. The number of para-hydroxylation sites is 1. The number of hydrogen-bond donors (Lipinski definition) is 1. The number of hydrogen-bond acceptors (Lipinski definition) is 3. The van der Waals surface area contributed by atoms with Crippen molar-refractivity contribution < 1.29 is 8.81 Å². The van der Waals surface area contributed by atoms with Crippen LogP contribution in [0.1, 0.15) is 0 Å². The second-order valence-electron chi connectivity index (χ2n) is 2.75. The minimum Gasteiger partial charge on any atom is -0.418 e. The molecule has 2 rings (SSSR count). The van der Waals surface area contributed by atoms with Gasteiger partial charge in [0.05, 0.1) is 7.05 Å². The maximum absolute atomic E-state index is 13.1. The van der Waals surface area contributed by atoms with E-state index < -0.39 is 11.4 Å². The number of fused-ring (bicyclic) bond motifs is 1. The highest BCUT2D eigenvalue weighted by atomic mass is 19.1. The maximum atomic E-state index is 13.1. The Balaban J connectivity index is 2.86. The van der Waals surface area contributed by atoms with Gasteiger partial charge in [-0.1, -0.05) is 12.1 Å². The molecular formula is C10H6FNO2. The van der Waals surface area contributed by atoms with Gasteiger partial charge >= 0.3 is 5.63 Å². The second-order valence-corrected chi connectivity index (χ2v) is 2.75. The Labute approximate surface area is 79.2 Å². The molecule has 0 aliphatic rings. The van der Waals surface area contributed by atoms with E-state index in [9.17, 15) is 9.18 Å². The van der Waals surface area contributed by atoms with Crippen LogP contribution in [0.4, 0.5) is 10.1 Å². The van der Waals surface area contributed by atoms with E-state index in [0.717, 1.165) is 0 Å². The lowest BCUT2D eigenvalue weighted by molar-refractivity contribution is 0.526. The molecule has 0 aliphatic heterocycles. The van der Waals surface area contributed by atoms with Gasteiger partial charge < -0.3 is 9.73 Å². The summed E-state index contributed by atoms with van der Waals surface area (Å²) in [7, 11) is 5.08. The molecule has 70 valence electrons. The Bertz CT molecular complexity index is 533. The zero-order valence-corrected chi connectivity index (χ0v) is 7.08. The summed E-state index contributed by atoms with van der Waals surface area (Å²) in [4.78, 5) is 11.1. The number of benzene rings is 1. The Hall–Kier alpha value is -1.84. The molecule has 0 unspecified atom stereocenters. The zero-order chi connectivity index (χ0) is 10.1. The summed E-state index contributed by atoms with van der Waals surface area (Å²) >= 11 is 0. The molecule has 2 aromatic rings. The minimum atomic E-state index is -0.690. The lowest BCUT2D eigenvalue weighted by Crippen LogP contribution is -2.05. The average Bonchev–Trinajstić information content (AvgIpc) is 2.19. The molecule has 0 atom stereocenters. The van der Waals surface area contributed by atoms with Crippen LogP contribution in [-0.2, 0) is 0 Å². The summed E-state index contributed by atoms with van der Waals surface area (Å²) in [5.74, 6) is -0.567. The molecule has 0 saturated carbocycles. The molecule has 14 heavy (non-hydrogen) atoms. The van der Waals surface area contributed by atoms with Crippen molar-refractivity contribution in [3.05, 3.63) is 47.6 Å². The van der Waals surface area contributed by atoms with Crippen LogP contribution in [0.15, 0.2) is 33.5 Å². The van der Waals surface area contributed by atoms with Crippen LogP contribution in [0.2, 0.25) is 0 Å². The monoisotopic (exact) mass is 191 g/mol. The van der Waals surface area contributed by atoms with Crippen LogP contribution in [0.5, 0.6) is 0 Å². The fraction of sp³-hybridized carbons (Fsp3) is 0. The molecule has 3 nitrogen and oxygen atoms in total. The molecule has 1 N–H and O–H groups in total. The van der Waals surface area contributed by atoms with E-state index in [2.05, 4.69) is 5.32 Å². The van der Waals surface area contributed by atoms with Crippen LogP contribution >= 0.6 is 0 Å². The largest absolute Gasteiger partial charge is 0.418 e. The highest BCUT2D eigenvalue weighted by Crippen LogP contribution is 2.18. The Morgan fingerprint density at radius 1 is 1.43 bits per heavy atom. The van der Waals surface area contributed by atoms with Crippen molar-refractivity contribution in [2.75, 3.05) is 5.32 Å². The Morgan fingerprint density at radius 3 is 2.93 bits per heavy atom. The van der Waals surface area contributed by atoms with Gasteiger partial charge in [-0.05, 0) is 12.1 Å². The van der Waals surface area contributed by atoms with Gasteiger partial charge in [-0.25, -0.2) is 9.18 Å². The SMILES string of the molecule is [CH]Nc1cc2cccc(F)c2oc1=O. The molecule has 0 spiro atoms. The third-order valence-corrected chi connectivity index (χ3v) is 1.87. The minimum absolute atomic E-state index is 0.0588. The van der Waals surface area contributed by atoms with Crippen molar-refractivity contribution >= 4 is 16.7 Å². The van der Waals surface area contributed by atoms with Crippen LogP contribution in [0, 0.1) is 12.9 Å². The molecule has 0 amide bonds. The van der Waals surface area contributed by atoms with Crippen molar-refractivity contribution in [3.63, 3.8) is 0 Å². The zero-order valence-electron chi connectivity index (χ0n) is 7.08. The summed E-state index contributed by atoms with van der Waals surface area (Å²) < 4.78 is 17.9. The van der Waals surface area contributed by atoms with E-state index in [0.29, 0.717) is 5.39 Å². The molecule has 1 heterocycles. The smallest absolute Gasteiger partial charge is 0.359 e. The predicted octanol–water partition coefficient (Wildman–Crippen LogP) is 2.01. The Morgan fingerprint density at radius 2 is 2.21 bits per heavy atom. The van der Waals surface area contributed by atoms with Crippen LogP contribution in [0.3, 0.4) is 0 Å². The third-order valence-electron chi connectivity index (χ3n) is 1.87. The molecule has 0 bridgehead atoms. The summed E-state index contributed by atoms with van der Waals surface area (Å²) in [6.07, 6.45) is 0. The van der Waals surface area contributed by atoms with E-state index in [1.54, 1.807) is 6.07 Å². The molecule has 1 aromatic heterocycles. The first kappa shape index (κ1) is 8.74. The number of nitrogens with one attached hydrogen (secondary N) is 1. The van der Waals surface area contributed by atoms with Gasteiger partial charge in [0.1, 0.15) is 5.69 Å². The predicted molar refractivity (Wildman–Crippen MR) is 50.4 cm³/mol. The standard InChI is InChI=1S/C10H6FNO2/c1-12-8-5-6-3-2-4-7(11)9(6)14-10(8)13/h1-5,12H. The molecule has 1 aromatic carbocycles. The topological polar surface area (TPSA) is 42.2 Å². The van der Waals surface area contributed by atoms with Gasteiger partial charge in [0.15, 0.2) is 11.4 Å². The molecular weight excluding hydrogens is 185 g/mol. The summed E-state index contributed by atoms with van der Waals surface area (Å²) in [5, 5.41) is 2.66. The molecule has 2 radical (unpaired) electrons. The quantitative estimate of drug-likeness (QED) is 0.553. The van der Waals surface area contributed by atoms with Crippen LogP contribution < -0.4 is 10.9 Å². The van der Waals surface area contributed by atoms with Gasteiger partial charge in [-0.15, -0.1) is 0 Å². The molecule has 0 aliphatic carbocycles. The summed E-state index contributed by atoms with van der Waals surface area (Å²) in [6, 6.07) is 5.81. The second kappa shape index (κ2) is 3.14. The number of anilines is 1. The van der Waals surface area contributed by atoms with E-state index in [-0.39, 0.29) is 11.3 Å². The summed E-state index contributed by atoms with van der Waals surface area (Å²) in [6.45, 7) is 0. The first-order chi connectivity index (χ1) is 6.72. The van der Waals surface area contributed by atoms with Crippen molar-refractivity contribution in [2.45, 2.75) is 0 Å². The van der Waals surface area contributed by atoms with E-state index in [1.807, 2.05) is 0 Å². The van der Waals surface area contributed by atoms with Gasteiger partial charge in [0.25, 0.3) is 0 Å². The van der Waals surface area contributed by atoms with E-state index in [4.69, 9.17) is 11.5 Å². The molecule has 0 saturated heterocycles. The van der Waals surface area contributed by atoms with E-state index in [1.165, 1.54) is 18.2 Å². The van der Waals surface area contributed by atoms with Crippen LogP contribution in [-0.4, -0.2) is 0 Å². The van der Waals surface area contributed by atoms with Crippen molar-refractivity contribution in [2.24, 2.45) is 0 Å². The summed E-state index contributed by atoms with van der Waals surface area (Å²) in [5.41, 5.74) is -0.648. The third kappa shape index (κ3) is 1.25. The molecule has 0 fully saturated rings. The fourth-order valence-electron chi connectivity index (χ4n) is 1.21. The normalized spacial score (nSPS) is 10.4. The van der Waals surface area contributed by atoms with Gasteiger partial charge in [-0.3, -0.25) is 0 Å². The molecule has 4 heteroatoms. The van der Waals surface area contributed by atoms with Gasteiger partial charge in [0, 0.05) is 5.39 Å². The first-order valence-corrected chi connectivity index (χ1v) is 3.91. The average molecular weight is 191 g/mol. The Kier molecular flexibility index (Phi) is 1.96. The van der Waals surface area contributed by atoms with E-state index >= 15 is 0 Å². The lowest BCUT2D eigenvalue weighted by atomic mass is 10.2. The number of halogens is 1. The van der Waals surface area contributed by atoms with Crippen molar-refractivity contribution in [1.29, 1.82) is 0 Å². The first-order valence-electron chi connectivity index (χ1n) is 3.91. The van der Waals surface area contributed by atoms with Crippen molar-refractivity contribution in [1.82, 2.24) is 0 Å². The fourth-order valence-corrected chi connectivity index (χ4v) is 1.21. The highest BCUT2D eigenvalue weighted by molar-refractivity contribution is 5.79. The van der Waals surface area contributed by atoms with Gasteiger partial charge in [0.2, 0.25) is 0 Å². The highest BCUT2D eigenvalue weighted by Gasteiger charge is 2.06. The van der Waals surface area contributed by atoms with Crippen molar-refractivity contribution in [3.8, 4) is 0 Å².